The lowest BCUT2D eigenvalue weighted by molar-refractivity contribution is -0.238. The number of nitrogens with two attached hydrogens (primary N) is 1. The van der Waals surface area contributed by atoms with Crippen molar-refractivity contribution in [3.63, 3.8) is 0 Å². The van der Waals surface area contributed by atoms with Crippen molar-refractivity contribution in [3.05, 3.63) is 35.9 Å². The largest absolute Gasteiger partial charge is 0.444 e. The van der Waals surface area contributed by atoms with Crippen LogP contribution in [0.25, 0.3) is 0 Å². The summed E-state index contributed by atoms with van der Waals surface area (Å²) in [7, 11) is 0. The monoisotopic (exact) mass is 833 g/mol. The highest BCUT2D eigenvalue weighted by atomic mass is 16.6. The lowest BCUT2D eigenvalue weighted by Crippen LogP contribution is -2.71. The van der Waals surface area contributed by atoms with Gasteiger partial charge in [-0.05, 0) is 18.4 Å². The van der Waals surface area contributed by atoms with Gasteiger partial charge in [-0.3, -0.25) is 9.69 Å². The van der Waals surface area contributed by atoms with Gasteiger partial charge in [-0.2, -0.15) is 0 Å². The fraction of sp³-hybridized carbons (Fsp3) is 0.809. The second-order valence-electron chi connectivity index (χ2n) is 16.6. The molecule has 1 aliphatic rings. The number of nitrogens with zero attached hydrogens (tertiary/aromatic N) is 2. The molecule has 12 nitrogen and oxygen atoms in total. The van der Waals surface area contributed by atoms with Crippen LogP contribution in [0.1, 0.15) is 186 Å². The predicted octanol–water partition coefficient (Wildman–Crippen LogP) is 9.11. The van der Waals surface area contributed by atoms with Gasteiger partial charge in [0.25, 0.3) is 0 Å². The molecule has 5 atom stereocenters. The molecule has 59 heavy (non-hydrogen) atoms. The third kappa shape index (κ3) is 21.5. The maximum absolute atomic E-state index is 14.0. The number of imide groups is 1. The number of hydrogen-bond donors (Lipinski definition) is 5. The fourth-order valence-corrected chi connectivity index (χ4v) is 7.98. The van der Waals surface area contributed by atoms with Crippen LogP contribution in [0, 0.1) is 0 Å². The van der Waals surface area contributed by atoms with Crippen molar-refractivity contribution in [3.8, 4) is 0 Å². The van der Waals surface area contributed by atoms with Crippen molar-refractivity contribution in [2.24, 2.45) is 5.73 Å². The summed E-state index contributed by atoms with van der Waals surface area (Å²) in [6, 6.07) is 6.89. The molecule has 1 fully saturated rings. The number of ether oxygens (including phenoxy) is 2. The fourth-order valence-electron chi connectivity index (χ4n) is 7.98. The molecule has 0 saturated carbocycles. The Hall–Kier alpha value is -2.77. The summed E-state index contributed by atoms with van der Waals surface area (Å²) < 4.78 is 11.7. The summed E-state index contributed by atoms with van der Waals surface area (Å²) in [6.45, 7) is 3.68. The molecular weight excluding hydrogens is 749 g/mol. The first-order valence-electron chi connectivity index (χ1n) is 23.7. The number of aliphatic hydroxyl groups is 3. The molecule has 1 aliphatic heterocycles. The zero-order valence-corrected chi connectivity index (χ0v) is 37.0. The normalized spacial score (nSPS) is 19.1. The van der Waals surface area contributed by atoms with Gasteiger partial charge < -0.3 is 35.8 Å². The van der Waals surface area contributed by atoms with E-state index < -0.39 is 61.8 Å². The van der Waals surface area contributed by atoms with E-state index in [9.17, 15) is 29.7 Å². The van der Waals surface area contributed by atoms with Crippen molar-refractivity contribution >= 4 is 18.0 Å². The SMILES string of the molecule is CCCCCCCCCCCCCCCCCCNC(=O)N(CCCCCCCCCCCC)[C@@H]1O[C@H](CO)[C@@H](O)[C@H](O)[C@H]1N(C(=O)CN)C(=O)OCc1ccccc1. The average molecular weight is 833 g/mol. The molecule has 340 valence electrons. The first kappa shape index (κ1) is 52.4. The highest BCUT2D eigenvalue weighted by molar-refractivity contribution is 5.93. The molecule has 12 heteroatoms. The van der Waals surface area contributed by atoms with Crippen LogP contribution in [-0.2, 0) is 20.9 Å². The van der Waals surface area contributed by atoms with Gasteiger partial charge in [0, 0.05) is 13.1 Å². The highest BCUT2D eigenvalue weighted by Crippen LogP contribution is 2.29. The Morgan fingerprint density at radius 3 is 1.59 bits per heavy atom. The maximum Gasteiger partial charge on any atom is 0.417 e. The van der Waals surface area contributed by atoms with Crippen molar-refractivity contribution in [2.75, 3.05) is 26.2 Å². The lowest BCUT2D eigenvalue weighted by atomic mass is 9.93. The molecule has 0 aliphatic carbocycles. The van der Waals surface area contributed by atoms with Gasteiger partial charge in [-0.25, -0.2) is 14.5 Å². The van der Waals surface area contributed by atoms with Gasteiger partial charge in [0.2, 0.25) is 5.91 Å². The molecule has 0 bridgehead atoms. The van der Waals surface area contributed by atoms with Crippen LogP contribution in [-0.4, -0.2) is 100.0 Å². The minimum atomic E-state index is -1.77. The van der Waals surface area contributed by atoms with Gasteiger partial charge in [-0.1, -0.05) is 198 Å². The molecule has 0 aromatic heterocycles. The predicted molar refractivity (Wildman–Crippen MR) is 236 cm³/mol. The Balaban J connectivity index is 2.03. The number of unbranched alkanes of at least 4 members (excludes halogenated alkanes) is 24. The third-order valence-electron chi connectivity index (χ3n) is 11.6. The van der Waals surface area contributed by atoms with Crippen LogP contribution in [0.2, 0.25) is 0 Å². The van der Waals surface area contributed by atoms with E-state index in [0.29, 0.717) is 23.4 Å². The van der Waals surface area contributed by atoms with E-state index in [4.69, 9.17) is 15.2 Å². The first-order valence-corrected chi connectivity index (χ1v) is 23.7. The Morgan fingerprint density at radius 1 is 0.678 bits per heavy atom. The van der Waals surface area contributed by atoms with E-state index in [1.54, 1.807) is 24.3 Å². The summed E-state index contributed by atoms with van der Waals surface area (Å²) in [4.78, 5) is 43.1. The molecule has 1 aromatic rings. The van der Waals surface area contributed by atoms with Crippen molar-refractivity contribution in [1.29, 1.82) is 0 Å². The van der Waals surface area contributed by atoms with Gasteiger partial charge in [0.15, 0.2) is 6.23 Å². The van der Waals surface area contributed by atoms with Crippen molar-refractivity contribution in [1.82, 2.24) is 15.1 Å². The molecular formula is C47H84N4O8. The van der Waals surface area contributed by atoms with Gasteiger partial charge in [0.05, 0.1) is 13.2 Å². The number of urea groups is 1. The van der Waals surface area contributed by atoms with Crippen LogP contribution in [0.4, 0.5) is 9.59 Å². The molecule has 1 saturated heterocycles. The molecule has 0 spiro atoms. The number of amides is 4. The minimum absolute atomic E-state index is 0.160. The summed E-state index contributed by atoms with van der Waals surface area (Å²) in [5.74, 6) is -0.872. The number of rotatable bonds is 34. The smallest absolute Gasteiger partial charge is 0.417 e. The van der Waals surface area contributed by atoms with Crippen LogP contribution in [0.5, 0.6) is 0 Å². The maximum atomic E-state index is 14.0. The highest BCUT2D eigenvalue weighted by Gasteiger charge is 2.53. The molecule has 0 radical (unpaired) electrons. The second kappa shape index (κ2) is 33.9. The molecule has 6 N–H and O–H groups in total. The Labute approximate surface area is 357 Å². The Morgan fingerprint density at radius 2 is 1.14 bits per heavy atom. The summed E-state index contributed by atoms with van der Waals surface area (Å²) in [6.07, 6.45) is 23.7. The van der Waals surface area contributed by atoms with Gasteiger partial charge in [0.1, 0.15) is 31.0 Å². The zero-order valence-electron chi connectivity index (χ0n) is 37.0. The van der Waals surface area contributed by atoms with Crippen molar-refractivity contribution in [2.45, 2.75) is 218 Å². The molecule has 1 heterocycles. The van der Waals surface area contributed by atoms with E-state index in [2.05, 4.69) is 19.2 Å². The number of hydrogen-bond acceptors (Lipinski definition) is 9. The van der Waals surface area contributed by atoms with Crippen LogP contribution in [0.15, 0.2) is 30.3 Å². The first-order chi connectivity index (χ1) is 28.8. The minimum Gasteiger partial charge on any atom is -0.444 e. The molecule has 1 aromatic carbocycles. The van der Waals surface area contributed by atoms with Crippen LogP contribution < -0.4 is 11.1 Å². The van der Waals surface area contributed by atoms with Gasteiger partial charge in [-0.15, -0.1) is 0 Å². The molecule has 0 unspecified atom stereocenters. The van der Waals surface area contributed by atoms with Gasteiger partial charge >= 0.3 is 12.1 Å². The Kier molecular flexibility index (Phi) is 30.1. The lowest BCUT2D eigenvalue weighted by Gasteiger charge is -2.49. The Bertz CT molecular complexity index is 1210. The standard InChI is InChI=1S/C47H84N4O8/c1-3-5-7-9-11-13-15-16-17-18-19-20-21-23-25-30-34-49-46(56)50(35-31-26-24-22-14-12-10-8-6-4-2)45-42(44(55)43(54)40(37-52)59-45)51(41(53)36-48)47(57)58-38-39-32-28-27-29-33-39/h27-29,32-33,40,42-45,52,54-55H,3-26,30-31,34-38,48H2,1-2H3,(H,49,56)/t40-,42-,43-,44-,45-/m1/s1. The summed E-state index contributed by atoms with van der Waals surface area (Å²) >= 11 is 0. The summed E-state index contributed by atoms with van der Waals surface area (Å²) in [5.41, 5.74) is 6.45. The second-order valence-corrected chi connectivity index (χ2v) is 16.6. The number of carbonyl (C=O) groups is 3. The number of benzene rings is 1. The van der Waals surface area contributed by atoms with Crippen LogP contribution >= 0.6 is 0 Å². The molecule has 4 amide bonds. The van der Waals surface area contributed by atoms with E-state index in [1.807, 2.05) is 6.07 Å². The topological polar surface area (TPSA) is 175 Å². The van der Waals surface area contributed by atoms with E-state index >= 15 is 0 Å². The third-order valence-corrected chi connectivity index (χ3v) is 11.6. The van der Waals surface area contributed by atoms with E-state index in [0.717, 1.165) is 44.9 Å². The number of aliphatic hydroxyl groups excluding tert-OH is 3. The quantitative estimate of drug-likeness (QED) is 0.0424. The zero-order chi connectivity index (χ0) is 42.9. The number of nitrogens with one attached hydrogen (secondary N) is 1. The summed E-state index contributed by atoms with van der Waals surface area (Å²) in [5, 5.41) is 35.7. The van der Waals surface area contributed by atoms with Crippen molar-refractivity contribution < 1.29 is 39.2 Å². The van der Waals surface area contributed by atoms with E-state index in [-0.39, 0.29) is 13.2 Å². The molecule has 2 rings (SSSR count). The van der Waals surface area contributed by atoms with E-state index in [1.165, 1.54) is 120 Å². The number of carbonyl (C=O) groups excluding carboxylic acids is 3. The van der Waals surface area contributed by atoms with Crippen LogP contribution in [0.3, 0.4) is 0 Å². The average Bonchev–Trinajstić information content (AvgIpc) is 3.25.